The van der Waals surface area contributed by atoms with Crippen molar-refractivity contribution in [2.75, 3.05) is 0 Å². The molecule has 1 heteroatoms. The molecule has 10 rings (SSSR count). The highest BCUT2D eigenvalue weighted by atomic mass is 28.3. The summed E-state index contributed by atoms with van der Waals surface area (Å²) in [6, 6.07) is 60.9. The van der Waals surface area contributed by atoms with E-state index >= 15 is 0 Å². The minimum atomic E-state index is -1.42. The number of rotatable bonds is 6. The standard InChI is InChI=1S/C52H46Si/c1-51(2)45-18-10-6-14-39(45)43-28-22-34(32-49(43)51)30-37(36-24-26-38(27-25-36)53(3,4)5)31-35-23-29-44-42-17-9-13-21-48(42)52(50(44)33-35)46-19-11-7-15-40(46)41-16-8-12-20-47(41)52/h6-29,32-33,37H,30-31H2,1-5H3. The van der Waals surface area contributed by atoms with Crippen molar-refractivity contribution in [2.45, 2.75) is 63.1 Å². The third kappa shape index (κ3) is 4.73. The molecule has 0 radical (unpaired) electrons. The second kappa shape index (κ2) is 11.6. The largest absolute Gasteiger partial charge is 0.0775 e. The second-order valence-electron chi connectivity index (χ2n) is 17.3. The summed E-state index contributed by atoms with van der Waals surface area (Å²) in [5, 5.41) is 1.52. The fourth-order valence-electron chi connectivity index (χ4n) is 10.3. The summed E-state index contributed by atoms with van der Waals surface area (Å²) >= 11 is 0. The molecule has 0 saturated heterocycles. The summed E-state index contributed by atoms with van der Waals surface area (Å²) in [6.45, 7) is 12.1. The van der Waals surface area contributed by atoms with Crippen molar-refractivity contribution in [2.24, 2.45) is 0 Å². The molecule has 7 aromatic carbocycles. The van der Waals surface area contributed by atoms with E-state index in [1.165, 1.54) is 88.6 Å². The average Bonchev–Trinajstić information content (AvgIpc) is 3.73. The van der Waals surface area contributed by atoms with Crippen LogP contribution in [0, 0.1) is 0 Å². The van der Waals surface area contributed by atoms with E-state index in [-0.39, 0.29) is 10.8 Å². The van der Waals surface area contributed by atoms with Gasteiger partial charge in [-0.3, -0.25) is 0 Å². The molecule has 0 bridgehead atoms. The van der Waals surface area contributed by atoms with Crippen LogP contribution < -0.4 is 5.19 Å². The highest BCUT2D eigenvalue weighted by Gasteiger charge is 2.51. The molecule has 3 aliphatic rings. The fraction of sp³-hybridized carbons (Fsp3) is 0.192. The topological polar surface area (TPSA) is 0 Å². The van der Waals surface area contributed by atoms with Crippen LogP contribution in [0.3, 0.4) is 0 Å². The molecule has 53 heavy (non-hydrogen) atoms. The molecule has 0 saturated carbocycles. The number of benzene rings is 7. The van der Waals surface area contributed by atoms with Crippen molar-refractivity contribution in [3.05, 3.63) is 208 Å². The molecule has 3 aliphatic carbocycles. The summed E-state index contributed by atoms with van der Waals surface area (Å²) in [4.78, 5) is 0. The molecule has 0 heterocycles. The molecular formula is C52H46Si. The minimum absolute atomic E-state index is 0.00636. The van der Waals surface area contributed by atoms with Crippen LogP contribution >= 0.6 is 0 Å². The molecule has 1 atom stereocenters. The molecule has 1 unspecified atom stereocenters. The third-order valence-corrected chi connectivity index (χ3v) is 15.0. The average molecular weight is 699 g/mol. The molecule has 1 spiro atoms. The van der Waals surface area contributed by atoms with Gasteiger partial charge in [0.2, 0.25) is 0 Å². The predicted octanol–water partition coefficient (Wildman–Crippen LogP) is 12.5. The van der Waals surface area contributed by atoms with Crippen molar-refractivity contribution in [3.8, 4) is 33.4 Å². The summed E-state index contributed by atoms with van der Waals surface area (Å²) in [5.74, 6) is 0.344. The van der Waals surface area contributed by atoms with E-state index in [1.807, 2.05) is 0 Å². The van der Waals surface area contributed by atoms with Gasteiger partial charge in [-0.1, -0.05) is 196 Å². The molecule has 0 aliphatic heterocycles. The first-order chi connectivity index (χ1) is 25.7. The lowest BCUT2D eigenvalue weighted by Gasteiger charge is -2.31. The van der Waals surface area contributed by atoms with Gasteiger partial charge in [0.05, 0.1) is 13.5 Å². The Bertz CT molecular complexity index is 2510. The van der Waals surface area contributed by atoms with Gasteiger partial charge in [-0.15, -0.1) is 0 Å². The summed E-state index contributed by atoms with van der Waals surface area (Å²) in [5.41, 5.74) is 20.7. The van der Waals surface area contributed by atoms with Gasteiger partial charge >= 0.3 is 0 Å². The fourth-order valence-corrected chi connectivity index (χ4v) is 11.4. The zero-order valence-electron chi connectivity index (χ0n) is 31.5. The Hall–Kier alpha value is -5.24. The zero-order valence-corrected chi connectivity index (χ0v) is 32.5. The molecule has 0 amide bonds. The maximum absolute atomic E-state index is 2.58. The predicted molar refractivity (Wildman–Crippen MR) is 226 cm³/mol. The van der Waals surface area contributed by atoms with Crippen LogP contribution in [-0.2, 0) is 23.7 Å². The van der Waals surface area contributed by atoms with Crippen LogP contribution in [0.4, 0.5) is 0 Å². The Kier molecular flexibility index (Phi) is 7.11. The van der Waals surface area contributed by atoms with E-state index in [1.54, 1.807) is 0 Å². The van der Waals surface area contributed by atoms with E-state index in [4.69, 9.17) is 0 Å². The maximum atomic E-state index is 2.58. The lowest BCUT2D eigenvalue weighted by atomic mass is 9.70. The molecule has 7 aromatic rings. The SMILES string of the molecule is CC1(C)c2ccccc2-c2ccc(CC(Cc3ccc4c(c3)C3(c5ccccc5-c5ccccc53)c3ccccc3-4)c3ccc([Si](C)(C)C)cc3)cc21. The molecule has 0 nitrogen and oxygen atoms in total. The third-order valence-electron chi connectivity index (χ3n) is 12.9. The molecular weight excluding hydrogens is 653 g/mol. The second-order valence-corrected chi connectivity index (χ2v) is 22.4. The first kappa shape index (κ1) is 32.4. The summed E-state index contributed by atoms with van der Waals surface area (Å²) in [7, 11) is -1.42. The first-order valence-electron chi connectivity index (χ1n) is 19.4. The van der Waals surface area contributed by atoms with Gasteiger partial charge in [0.1, 0.15) is 0 Å². The van der Waals surface area contributed by atoms with Crippen LogP contribution in [0.15, 0.2) is 158 Å². The smallest absolute Gasteiger partial charge is 0.0656 e. The van der Waals surface area contributed by atoms with Crippen LogP contribution in [-0.4, -0.2) is 8.07 Å². The van der Waals surface area contributed by atoms with E-state index in [0.29, 0.717) is 5.92 Å². The Morgan fingerprint density at radius 1 is 0.415 bits per heavy atom. The van der Waals surface area contributed by atoms with Gasteiger partial charge in [-0.2, -0.15) is 0 Å². The van der Waals surface area contributed by atoms with Crippen LogP contribution in [0.1, 0.15) is 69.8 Å². The van der Waals surface area contributed by atoms with E-state index in [0.717, 1.165) is 12.8 Å². The number of hydrogen-bond donors (Lipinski definition) is 0. The van der Waals surface area contributed by atoms with E-state index in [9.17, 15) is 0 Å². The van der Waals surface area contributed by atoms with Crippen LogP contribution in [0.2, 0.25) is 19.6 Å². The van der Waals surface area contributed by atoms with Gasteiger partial charge < -0.3 is 0 Å². The lowest BCUT2D eigenvalue weighted by molar-refractivity contribution is 0.651. The van der Waals surface area contributed by atoms with Gasteiger partial charge in [-0.25, -0.2) is 0 Å². The van der Waals surface area contributed by atoms with Crippen LogP contribution in [0.25, 0.3) is 33.4 Å². The molecule has 0 N–H and O–H groups in total. The van der Waals surface area contributed by atoms with Crippen molar-refractivity contribution in [1.29, 1.82) is 0 Å². The minimum Gasteiger partial charge on any atom is -0.0656 e. The highest BCUT2D eigenvalue weighted by Crippen LogP contribution is 2.62. The first-order valence-corrected chi connectivity index (χ1v) is 22.9. The Labute approximate surface area is 316 Å². The van der Waals surface area contributed by atoms with Gasteiger partial charge in [0.25, 0.3) is 0 Å². The Balaban J connectivity index is 1.09. The number of hydrogen-bond acceptors (Lipinski definition) is 0. The Morgan fingerprint density at radius 3 is 1.30 bits per heavy atom. The zero-order chi connectivity index (χ0) is 36.1. The van der Waals surface area contributed by atoms with E-state index in [2.05, 4.69) is 191 Å². The van der Waals surface area contributed by atoms with Crippen molar-refractivity contribution < 1.29 is 0 Å². The Morgan fingerprint density at radius 2 is 0.811 bits per heavy atom. The van der Waals surface area contributed by atoms with Gasteiger partial charge in [-0.05, 0) is 102 Å². The van der Waals surface area contributed by atoms with Crippen molar-refractivity contribution in [1.82, 2.24) is 0 Å². The van der Waals surface area contributed by atoms with Crippen molar-refractivity contribution in [3.63, 3.8) is 0 Å². The highest BCUT2D eigenvalue weighted by molar-refractivity contribution is 6.88. The quantitative estimate of drug-likeness (QED) is 0.152. The lowest BCUT2D eigenvalue weighted by Crippen LogP contribution is -2.37. The van der Waals surface area contributed by atoms with Gasteiger partial charge in [0, 0.05) is 5.41 Å². The molecule has 0 fully saturated rings. The van der Waals surface area contributed by atoms with Crippen molar-refractivity contribution >= 4 is 13.3 Å². The van der Waals surface area contributed by atoms with E-state index < -0.39 is 8.07 Å². The molecule has 0 aromatic heterocycles. The van der Waals surface area contributed by atoms with Crippen LogP contribution in [0.5, 0.6) is 0 Å². The number of fused-ring (bicyclic) bond motifs is 13. The normalized spacial score (nSPS) is 15.6. The monoisotopic (exact) mass is 698 g/mol. The molecule has 258 valence electrons. The summed E-state index contributed by atoms with van der Waals surface area (Å²) in [6.07, 6.45) is 1.98. The maximum Gasteiger partial charge on any atom is 0.0775 e. The van der Waals surface area contributed by atoms with Gasteiger partial charge in [0.15, 0.2) is 0 Å². The summed E-state index contributed by atoms with van der Waals surface area (Å²) < 4.78 is 0.